The maximum absolute atomic E-state index is 13.2. The molecular weight excluding hydrogens is 356 g/mol. The quantitative estimate of drug-likeness (QED) is 0.819. The standard InChI is InChI=1S/C19H21ClN2O2S/c20-16-6-10-18(11-7-16)25(23,24)22-13-12-21(17-8-9-17)14-19(22)15-4-2-1-3-5-15/h1-7,10-11,17,19H,8-9,12-14H2. The van der Waals surface area contributed by atoms with Gasteiger partial charge in [0, 0.05) is 30.7 Å². The monoisotopic (exact) mass is 376 g/mol. The maximum Gasteiger partial charge on any atom is 0.243 e. The summed E-state index contributed by atoms with van der Waals surface area (Å²) in [5, 5.41) is 0.539. The number of benzene rings is 2. The van der Waals surface area contributed by atoms with Crippen LogP contribution in [-0.2, 0) is 10.0 Å². The van der Waals surface area contributed by atoms with Crippen LogP contribution in [0.25, 0.3) is 0 Å². The molecule has 1 aliphatic carbocycles. The Kier molecular flexibility index (Phi) is 4.58. The molecule has 0 radical (unpaired) electrons. The van der Waals surface area contributed by atoms with Crippen molar-refractivity contribution in [2.45, 2.75) is 29.8 Å². The Morgan fingerprint density at radius 1 is 0.920 bits per heavy atom. The number of nitrogens with zero attached hydrogens (tertiary/aromatic N) is 2. The maximum atomic E-state index is 13.2. The lowest BCUT2D eigenvalue weighted by atomic mass is 10.0. The minimum Gasteiger partial charge on any atom is -0.297 e. The molecule has 1 saturated heterocycles. The Labute approximate surface area is 154 Å². The molecule has 6 heteroatoms. The highest BCUT2D eigenvalue weighted by Gasteiger charge is 2.40. The molecule has 1 aliphatic heterocycles. The second-order valence-electron chi connectivity index (χ2n) is 6.72. The zero-order valence-electron chi connectivity index (χ0n) is 13.9. The van der Waals surface area contributed by atoms with Gasteiger partial charge in [-0.1, -0.05) is 41.9 Å². The van der Waals surface area contributed by atoms with Crippen LogP contribution in [0.1, 0.15) is 24.4 Å². The summed E-state index contributed by atoms with van der Waals surface area (Å²) >= 11 is 5.92. The average molecular weight is 377 g/mol. The van der Waals surface area contributed by atoms with Crippen molar-refractivity contribution in [3.63, 3.8) is 0 Å². The first-order chi connectivity index (χ1) is 12.1. The third-order valence-corrected chi connectivity index (χ3v) is 7.20. The summed E-state index contributed by atoms with van der Waals surface area (Å²) in [6, 6.07) is 16.9. The molecular formula is C19H21ClN2O2S. The zero-order valence-corrected chi connectivity index (χ0v) is 15.5. The molecule has 4 nitrogen and oxygen atoms in total. The summed E-state index contributed by atoms with van der Waals surface area (Å²) in [6.07, 6.45) is 2.46. The number of hydrogen-bond acceptors (Lipinski definition) is 3. The van der Waals surface area contributed by atoms with E-state index in [1.807, 2.05) is 30.3 Å². The van der Waals surface area contributed by atoms with E-state index in [1.165, 1.54) is 12.8 Å². The molecule has 2 aliphatic rings. The molecule has 2 aromatic rings. The van der Waals surface area contributed by atoms with Crippen molar-refractivity contribution >= 4 is 21.6 Å². The van der Waals surface area contributed by atoms with Gasteiger partial charge in [0.1, 0.15) is 0 Å². The Bertz CT molecular complexity index is 835. The minimum absolute atomic E-state index is 0.156. The van der Waals surface area contributed by atoms with E-state index in [4.69, 9.17) is 11.6 Å². The Morgan fingerprint density at radius 3 is 2.24 bits per heavy atom. The van der Waals surface area contributed by atoms with Crippen LogP contribution in [0.15, 0.2) is 59.5 Å². The summed E-state index contributed by atoms with van der Waals surface area (Å²) in [5.74, 6) is 0. The molecule has 0 amide bonds. The first kappa shape index (κ1) is 17.0. The van der Waals surface area contributed by atoms with Crippen molar-refractivity contribution in [2.24, 2.45) is 0 Å². The number of rotatable bonds is 4. The predicted octanol–water partition coefficient (Wildman–Crippen LogP) is 3.55. The average Bonchev–Trinajstić information content (AvgIpc) is 3.47. The summed E-state index contributed by atoms with van der Waals surface area (Å²) in [5.41, 5.74) is 1.05. The van der Waals surface area contributed by atoms with Crippen molar-refractivity contribution in [2.75, 3.05) is 19.6 Å². The van der Waals surface area contributed by atoms with Crippen LogP contribution >= 0.6 is 11.6 Å². The van der Waals surface area contributed by atoms with Crippen LogP contribution in [0, 0.1) is 0 Å². The normalized spacial score (nSPS) is 22.8. The van der Waals surface area contributed by atoms with Gasteiger partial charge in [0.15, 0.2) is 0 Å². The lowest BCUT2D eigenvalue weighted by Crippen LogP contribution is -2.51. The van der Waals surface area contributed by atoms with Crippen LogP contribution in [0.5, 0.6) is 0 Å². The van der Waals surface area contributed by atoms with Crippen molar-refractivity contribution in [3.05, 3.63) is 65.2 Å². The second kappa shape index (κ2) is 6.72. The Morgan fingerprint density at radius 2 is 1.60 bits per heavy atom. The van der Waals surface area contributed by atoms with Crippen LogP contribution in [0.3, 0.4) is 0 Å². The molecule has 1 atom stereocenters. The molecule has 0 bridgehead atoms. The first-order valence-electron chi connectivity index (χ1n) is 8.62. The van der Waals surface area contributed by atoms with E-state index in [2.05, 4.69) is 4.90 Å². The van der Waals surface area contributed by atoms with Crippen LogP contribution in [0.2, 0.25) is 5.02 Å². The largest absolute Gasteiger partial charge is 0.297 e. The van der Waals surface area contributed by atoms with Gasteiger partial charge in [0.2, 0.25) is 10.0 Å². The third-order valence-electron chi connectivity index (χ3n) is 5.03. The molecule has 0 aromatic heterocycles. The van der Waals surface area contributed by atoms with Gasteiger partial charge in [-0.05, 0) is 42.7 Å². The van der Waals surface area contributed by atoms with Gasteiger partial charge in [-0.2, -0.15) is 4.31 Å². The highest BCUT2D eigenvalue weighted by molar-refractivity contribution is 7.89. The van der Waals surface area contributed by atoms with E-state index >= 15 is 0 Å². The van der Waals surface area contributed by atoms with Gasteiger partial charge in [-0.25, -0.2) is 8.42 Å². The molecule has 1 unspecified atom stereocenters. The lowest BCUT2D eigenvalue weighted by molar-refractivity contribution is 0.129. The number of sulfonamides is 1. The van der Waals surface area contributed by atoms with Gasteiger partial charge in [0.25, 0.3) is 0 Å². The highest BCUT2D eigenvalue weighted by atomic mass is 35.5. The van der Waals surface area contributed by atoms with Crippen molar-refractivity contribution in [3.8, 4) is 0 Å². The summed E-state index contributed by atoms with van der Waals surface area (Å²) in [4.78, 5) is 2.74. The Hall–Kier alpha value is -1.40. The van der Waals surface area contributed by atoms with E-state index in [9.17, 15) is 8.42 Å². The fourth-order valence-corrected chi connectivity index (χ4v) is 5.26. The summed E-state index contributed by atoms with van der Waals surface area (Å²) in [7, 11) is -3.56. The molecule has 132 valence electrons. The molecule has 4 rings (SSSR count). The van der Waals surface area contributed by atoms with E-state index in [-0.39, 0.29) is 6.04 Å². The molecule has 0 N–H and O–H groups in total. The van der Waals surface area contributed by atoms with Crippen LogP contribution in [0.4, 0.5) is 0 Å². The van der Waals surface area contributed by atoms with Crippen LogP contribution < -0.4 is 0 Å². The number of halogens is 1. The summed E-state index contributed by atoms with van der Waals surface area (Å²) in [6.45, 7) is 2.06. The van der Waals surface area contributed by atoms with Gasteiger partial charge < -0.3 is 0 Å². The molecule has 2 fully saturated rings. The number of piperazine rings is 1. The molecule has 2 aromatic carbocycles. The van der Waals surface area contributed by atoms with Gasteiger partial charge in [-0.15, -0.1) is 0 Å². The van der Waals surface area contributed by atoms with E-state index in [0.29, 0.717) is 22.5 Å². The molecule has 25 heavy (non-hydrogen) atoms. The highest BCUT2D eigenvalue weighted by Crippen LogP contribution is 2.36. The third kappa shape index (κ3) is 3.47. The van der Waals surface area contributed by atoms with Gasteiger partial charge in [0.05, 0.1) is 10.9 Å². The second-order valence-corrected chi connectivity index (χ2v) is 9.05. The lowest BCUT2D eigenvalue weighted by Gasteiger charge is -2.41. The van der Waals surface area contributed by atoms with Crippen molar-refractivity contribution in [1.29, 1.82) is 0 Å². The van der Waals surface area contributed by atoms with Gasteiger partial charge in [-0.3, -0.25) is 4.90 Å². The number of hydrogen-bond donors (Lipinski definition) is 0. The van der Waals surface area contributed by atoms with Crippen molar-refractivity contribution < 1.29 is 8.42 Å². The molecule has 1 heterocycles. The fraction of sp³-hybridized carbons (Fsp3) is 0.368. The van der Waals surface area contributed by atoms with E-state index in [0.717, 1.165) is 18.7 Å². The van der Waals surface area contributed by atoms with Crippen molar-refractivity contribution in [1.82, 2.24) is 9.21 Å². The van der Waals surface area contributed by atoms with E-state index < -0.39 is 10.0 Å². The SMILES string of the molecule is O=S(=O)(c1ccc(Cl)cc1)N1CCN(C2CC2)CC1c1ccccc1. The smallest absolute Gasteiger partial charge is 0.243 e. The zero-order chi connectivity index (χ0) is 17.4. The topological polar surface area (TPSA) is 40.6 Å². The minimum atomic E-state index is -3.56. The van der Waals surface area contributed by atoms with Crippen LogP contribution in [-0.4, -0.2) is 43.3 Å². The molecule has 1 saturated carbocycles. The Balaban J connectivity index is 1.69. The first-order valence-corrected chi connectivity index (χ1v) is 10.4. The molecule has 0 spiro atoms. The fourth-order valence-electron chi connectivity index (χ4n) is 3.54. The summed E-state index contributed by atoms with van der Waals surface area (Å²) < 4.78 is 28.1. The van der Waals surface area contributed by atoms with Gasteiger partial charge >= 0.3 is 0 Å². The van der Waals surface area contributed by atoms with E-state index in [1.54, 1.807) is 28.6 Å². The predicted molar refractivity (Wildman–Crippen MR) is 99.1 cm³/mol.